The zero-order valence-electron chi connectivity index (χ0n) is 16.2. The molecule has 0 fully saturated rings. The van der Waals surface area contributed by atoms with Crippen molar-refractivity contribution in [2.45, 2.75) is 11.4 Å². The largest absolute Gasteiger partial charge is 0.369 e. The van der Waals surface area contributed by atoms with Crippen LogP contribution in [0.3, 0.4) is 0 Å². The molecule has 1 aromatic heterocycles. The lowest BCUT2D eigenvalue weighted by molar-refractivity contribution is -0.115. The number of nitrogens with two attached hydrogens (primary N) is 1. The number of anilines is 1. The van der Waals surface area contributed by atoms with Crippen molar-refractivity contribution < 1.29 is 9.59 Å². The summed E-state index contributed by atoms with van der Waals surface area (Å²) in [6, 6.07) is 25.4. The molecule has 0 aliphatic heterocycles. The van der Waals surface area contributed by atoms with Crippen LogP contribution in [0.5, 0.6) is 0 Å². The van der Waals surface area contributed by atoms with E-state index in [1.807, 2.05) is 72.9 Å². The number of carbonyl (C=O) groups excluding carboxylic acids is 2. The second kappa shape index (κ2) is 8.88. The van der Waals surface area contributed by atoms with Gasteiger partial charge in [0.05, 0.1) is 17.0 Å². The molecule has 0 saturated carbocycles. The lowest BCUT2D eigenvalue weighted by atomic mass is 10.1. The molecule has 0 bridgehead atoms. The number of nitrogens with one attached hydrogen (secondary N) is 1. The zero-order valence-corrected chi connectivity index (χ0v) is 17.1. The predicted molar refractivity (Wildman–Crippen MR) is 122 cm³/mol. The quantitative estimate of drug-likeness (QED) is 0.436. The third-order valence-electron chi connectivity index (χ3n) is 4.73. The monoisotopic (exact) mass is 415 g/mol. The van der Waals surface area contributed by atoms with E-state index < -0.39 is 5.91 Å². The fourth-order valence-electron chi connectivity index (χ4n) is 3.37. The molecule has 4 rings (SSSR count). The van der Waals surface area contributed by atoms with Crippen molar-refractivity contribution in [3.63, 3.8) is 0 Å². The number of hydrogen-bond donors (Lipinski definition) is 2. The molecular formula is C24H21N3O2S. The van der Waals surface area contributed by atoms with Crippen molar-refractivity contribution in [2.24, 2.45) is 5.73 Å². The summed E-state index contributed by atoms with van der Waals surface area (Å²) in [7, 11) is 0. The third-order valence-corrected chi connectivity index (χ3v) is 5.83. The topological polar surface area (TPSA) is 77.1 Å². The highest BCUT2D eigenvalue weighted by atomic mass is 32.2. The number of nitrogens with zero attached hydrogens (tertiary/aromatic N) is 1. The van der Waals surface area contributed by atoms with Gasteiger partial charge in [0.1, 0.15) is 0 Å². The molecule has 0 radical (unpaired) electrons. The van der Waals surface area contributed by atoms with Crippen LogP contribution in [0.2, 0.25) is 0 Å². The highest BCUT2D eigenvalue weighted by molar-refractivity contribution is 8.00. The molecule has 0 aliphatic rings. The molecule has 0 unspecified atom stereocenters. The van der Waals surface area contributed by atoms with Gasteiger partial charge in [-0.3, -0.25) is 9.59 Å². The molecule has 150 valence electrons. The van der Waals surface area contributed by atoms with Crippen LogP contribution in [0, 0.1) is 0 Å². The lowest BCUT2D eigenvalue weighted by Gasteiger charge is -2.09. The smallest absolute Gasteiger partial charge is 0.257 e. The summed E-state index contributed by atoms with van der Waals surface area (Å²) >= 11 is 1.31. The van der Waals surface area contributed by atoms with E-state index in [0.717, 1.165) is 15.8 Å². The van der Waals surface area contributed by atoms with Gasteiger partial charge in [-0.25, -0.2) is 0 Å². The molecule has 0 spiro atoms. The number of amides is 2. The molecule has 0 aliphatic carbocycles. The van der Waals surface area contributed by atoms with Crippen LogP contribution in [0.15, 0.2) is 90.0 Å². The first kappa shape index (κ1) is 19.8. The molecule has 4 aromatic rings. The molecule has 5 nitrogen and oxygen atoms in total. The normalized spacial score (nSPS) is 10.8. The minimum absolute atomic E-state index is 0.156. The molecular weight excluding hydrogens is 394 g/mol. The maximum Gasteiger partial charge on any atom is 0.257 e. The Morgan fingerprint density at radius 3 is 2.40 bits per heavy atom. The molecule has 30 heavy (non-hydrogen) atoms. The Morgan fingerprint density at radius 2 is 1.60 bits per heavy atom. The minimum atomic E-state index is -0.398. The van der Waals surface area contributed by atoms with Gasteiger partial charge in [0.2, 0.25) is 5.91 Å². The first-order valence-corrected chi connectivity index (χ1v) is 10.5. The SMILES string of the molecule is NC(=O)CSc1ccccc1NC(=O)c1cn(Cc2ccccc2)c2ccccc12. The second-order valence-corrected chi connectivity index (χ2v) is 7.90. The number of para-hydroxylation sites is 2. The van der Waals surface area contributed by atoms with Crippen LogP contribution in [0.4, 0.5) is 5.69 Å². The van der Waals surface area contributed by atoms with Crippen LogP contribution < -0.4 is 11.1 Å². The highest BCUT2D eigenvalue weighted by Crippen LogP contribution is 2.29. The Morgan fingerprint density at radius 1 is 0.900 bits per heavy atom. The van der Waals surface area contributed by atoms with E-state index in [9.17, 15) is 9.59 Å². The highest BCUT2D eigenvalue weighted by Gasteiger charge is 2.16. The Kier molecular flexibility index (Phi) is 5.86. The fraction of sp³-hybridized carbons (Fsp3) is 0.0833. The standard InChI is InChI=1S/C24H21N3O2S/c25-23(28)16-30-22-13-7-5-11-20(22)26-24(29)19-15-27(14-17-8-2-1-3-9-17)21-12-6-4-10-18(19)21/h1-13,15H,14,16H2,(H2,25,28)(H,26,29). The average Bonchev–Trinajstić information content (AvgIpc) is 3.12. The zero-order chi connectivity index (χ0) is 20.9. The second-order valence-electron chi connectivity index (χ2n) is 6.88. The van der Waals surface area contributed by atoms with Crippen LogP contribution in [-0.4, -0.2) is 22.1 Å². The number of primary amides is 1. The van der Waals surface area contributed by atoms with Crippen LogP contribution >= 0.6 is 11.8 Å². The maximum atomic E-state index is 13.2. The van der Waals surface area contributed by atoms with E-state index in [1.54, 1.807) is 0 Å². The number of thioether (sulfide) groups is 1. The van der Waals surface area contributed by atoms with Crippen molar-refractivity contribution >= 4 is 40.2 Å². The molecule has 1 heterocycles. The number of hydrogen-bond acceptors (Lipinski definition) is 3. The summed E-state index contributed by atoms with van der Waals surface area (Å²) in [5.74, 6) is -0.432. The summed E-state index contributed by atoms with van der Waals surface area (Å²) in [5.41, 5.74) is 8.70. The Labute approximate surface area is 178 Å². The van der Waals surface area contributed by atoms with E-state index in [0.29, 0.717) is 17.8 Å². The van der Waals surface area contributed by atoms with Crippen molar-refractivity contribution in [3.05, 3.63) is 96.2 Å². The van der Waals surface area contributed by atoms with Crippen LogP contribution in [0.1, 0.15) is 15.9 Å². The van der Waals surface area contributed by atoms with Gasteiger partial charge in [-0.05, 0) is 23.8 Å². The van der Waals surface area contributed by atoms with E-state index in [1.165, 1.54) is 17.3 Å². The Balaban J connectivity index is 1.64. The van der Waals surface area contributed by atoms with Gasteiger partial charge in [0.15, 0.2) is 0 Å². The average molecular weight is 416 g/mol. The molecule has 3 aromatic carbocycles. The van der Waals surface area contributed by atoms with Gasteiger partial charge in [0.25, 0.3) is 5.91 Å². The fourth-order valence-corrected chi connectivity index (χ4v) is 4.12. The van der Waals surface area contributed by atoms with Gasteiger partial charge in [-0.1, -0.05) is 60.7 Å². The van der Waals surface area contributed by atoms with E-state index in [-0.39, 0.29) is 11.7 Å². The van der Waals surface area contributed by atoms with Crippen molar-refractivity contribution in [1.29, 1.82) is 0 Å². The van der Waals surface area contributed by atoms with E-state index in [2.05, 4.69) is 22.0 Å². The van der Waals surface area contributed by atoms with Gasteiger partial charge < -0.3 is 15.6 Å². The van der Waals surface area contributed by atoms with Crippen molar-refractivity contribution in [1.82, 2.24) is 4.57 Å². The van der Waals surface area contributed by atoms with Gasteiger partial charge in [-0.2, -0.15) is 0 Å². The van der Waals surface area contributed by atoms with Gasteiger partial charge >= 0.3 is 0 Å². The number of benzene rings is 3. The number of fused-ring (bicyclic) bond motifs is 1. The number of carbonyl (C=O) groups is 2. The summed E-state index contributed by atoms with van der Waals surface area (Å²) < 4.78 is 2.09. The Hall–Kier alpha value is -3.51. The van der Waals surface area contributed by atoms with Crippen LogP contribution in [-0.2, 0) is 11.3 Å². The summed E-state index contributed by atoms with van der Waals surface area (Å²) in [4.78, 5) is 25.1. The predicted octanol–water partition coefficient (Wildman–Crippen LogP) is 4.52. The van der Waals surface area contributed by atoms with Crippen LogP contribution in [0.25, 0.3) is 10.9 Å². The number of aromatic nitrogens is 1. The summed E-state index contributed by atoms with van der Waals surface area (Å²) in [6.07, 6.45) is 1.90. The molecule has 0 saturated heterocycles. The summed E-state index contributed by atoms with van der Waals surface area (Å²) in [6.45, 7) is 0.680. The molecule has 6 heteroatoms. The van der Waals surface area contributed by atoms with Gasteiger partial charge in [0, 0.05) is 28.5 Å². The van der Waals surface area contributed by atoms with E-state index >= 15 is 0 Å². The maximum absolute atomic E-state index is 13.2. The first-order valence-electron chi connectivity index (χ1n) is 9.55. The van der Waals surface area contributed by atoms with Gasteiger partial charge in [-0.15, -0.1) is 11.8 Å². The molecule has 0 atom stereocenters. The summed E-state index contributed by atoms with van der Waals surface area (Å²) in [5, 5.41) is 3.89. The van der Waals surface area contributed by atoms with Crippen molar-refractivity contribution in [3.8, 4) is 0 Å². The minimum Gasteiger partial charge on any atom is -0.369 e. The first-order chi connectivity index (χ1) is 14.6. The third kappa shape index (κ3) is 4.39. The van der Waals surface area contributed by atoms with E-state index in [4.69, 9.17) is 5.73 Å². The lowest BCUT2D eigenvalue weighted by Crippen LogP contribution is -2.14. The molecule has 3 N–H and O–H groups in total. The van der Waals surface area contributed by atoms with Crippen molar-refractivity contribution in [2.75, 3.05) is 11.1 Å². The number of rotatable bonds is 7. The Bertz CT molecular complexity index is 1200. The molecule has 2 amide bonds.